The van der Waals surface area contributed by atoms with E-state index in [0.29, 0.717) is 13.1 Å². The van der Waals surface area contributed by atoms with Crippen LogP contribution >= 0.6 is 0 Å². The number of nitrogens with one attached hydrogen (secondary N) is 2. The Bertz CT molecular complexity index is 794. The number of carbonyl (C=O) groups excluding carboxylic acids is 2. The topological polar surface area (TPSA) is 75.6 Å². The number of benzene rings is 1. The number of hydrogen-bond acceptors (Lipinski definition) is 4. The number of rotatable bonds is 7. The van der Waals surface area contributed by atoms with E-state index >= 15 is 0 Å². The summed E-state index contributed by atoms with van der Waals surface area (Å²) in [5, 5.41) is 5.47. The molecule has 1 aliphatic rings. The molecule has 0 spiro atoms. The van der Waals surface area contributed by atoms with Crippen LogP contribution in [0.4, 0.5) is 0 Å². The van der Waals surface area contributed by atoms with E-state index in [1.54, 1.807) is 7.11 Å². The Morgan fingerprint density at radius 1 is 1.07 bits per heavy atom. The molecule has 7 nitrogen and oxygen atoms in total. The van der Waals surface area contributed by atoms with Crippen molar-refractivity contribution in [2.45, 2.75) is 25.4 Å². The van der Waals surface area contributed by atoms with Gasteiger partial charge in [-0.2, -0.15) is 0 Å². The Morgan fingerprint density at radius 2 is 1.75 bits per heavy atom. The Balaban J connectivity index is 1.53. The lowest BCUT2D eigenvalue weighted by Gasteiger charge is -2.28. The summed E-state index contributed by atoms with van der Waals surface area (Å²) in [6.45, 7) is 2.72. The maximum Gasteiger partial charge on any atom is 0.309 e. The minimum absolute atomic E-state index is 0.0702. The zero-order valence-electron chi connectivity index (χ0n) is 16.5. The van der Waals surface area contributed by atoms with Crippen molar-refractivity contribution in [3.05, 3.63) is 53.9 Å². The Morgan fingerprint density at radius 3 is 2.36 bits per heavy atom. The molecule has 0 radical (unpaired) electrons. The number of likely N-dealkylation sites (tertiary alicyclic amines) is 1. The normalized spacial score (nSPS) is 15.2. The first kappa shape index (κ1) is 19.9. The van der Waals surface area contributed by atoms with Gasteiger partial charge in [-0.05, 0) is 55.8 Å². The third-order valence-corrected chi connectivity index (χ3v) is 5.18. The molecule has 1 saturated heterocycles. The molecule has 1 fully saturated rings. The minimum Gasteiger partial charge on any atom is -0.497 e. The van der Waals surface area contributed by atoms with Crippen LogP contribution in [-0.2, 0) is 23.2 Å². The first-order chi connectivity index (χ1) is 13.6. The van der Waals surface area contributed by atoms with Gasteiger partial charge in [-0.25, -0.2) is 0 Å². The third kappa shape index (κ3) is 4.92. The molecule has 1 aromatic heterocycles. The monoisotopic (exact) mass is 384 g/mol. The molecule has 0 saturated carbocycles. The van der Waals surface area contributed by atoms with Crippen LogP contribution in [0.2, 0.25) is 0 Å². The van der Waals surface area contributed by atoms with Crippen molar-refractivity contribution in [2.24, 2.45) is 7.05 Å². The summed E-state index contributed by atoms with van der Waals surface area (Å²) in [4.78, 5) is 26.8. The standard InChI is InChI=1S/C21H28N4O3/c1-24-11-5-6-18(24)19(25-12-3-4-13-25)15-23-21(27)20(26)22-14-16-7-9-17(28-2)10-8-16/h5-11,19H,3-4,12-15H2,1-2H3,(H,22,26)(H,23,27). The maximum atomic E-state index is 12.3. The van der Waals surface area contributed by atoms with Gasteiger partial charge in [0.15, 0.2) is 0 Å². The highest BCUT2D eigenvalue weighted by molar-refractivity contribution is 6.35. The molecule has 2 N–H and O–H groups in total. The highest BCUT2D eigenvalue weighted by Gasteiger charge is 2.26. The average molecular weight is 384 g/mol. The van der Waals surface area contributed by atoms with E-state index in [-0.39, 0.29) is 6.04 Å². The van der Waals surface area contributed by atoms with Crippen molar-refractivity contribution in [1.29, 1.82) is 0 Å². The van der Waals surface area contributed by atoms with Crippen molar-refractivity contribution in [3.8, 4) is 5.75 Å². The lowest BCUT2D eigenvalue weighted by Crippen LogP contribution is -2.43. The molecular formula is C21H28N4O3. The Kier molecular flexibility index (Phi) is 6.71. The first-order valence-electron chi connectivity index (χ1n) is 9.62. The van der Waals surface area contributed by atoms with Gasteiger partial charge >= 0.3 is 11.8 Å². The Hall–Kier alpha value is -2.80. The van der Waals surface area contributed by atoms with Crippen LogP contribution < -0.4 is 15.4 Å². The summed E-state index contributed by atoms with van der Waals surface area (Å²) in [5.74, 6) is -0.476. The number of methoxy groups -OCH3 is 1. The SMILES string of the molecule is COc1ccc(CNC(=O)C(=O)NCC(c2cccn2C)N2CCCC2)cc1. The molecule has 1 aliphatic heterocycles. The van der Waals surface area contributed by atoms with Gasteiger partial charge in [0.1, 0.15) is 5.75 Å². The largest absolute Gasteiger partial charge is 0.497 e. The van der Waals surface area contributed by atoms with Gasteiger partial charge in [-0.1, -0.05) is 12.1 Å². The van der Waals surface area contributed by atoms with Gasteiger partial charge < -0.3 is 19.9 Å². The lowest BCUT2D eigenvalue weighted by atomic mass is 10.1. The second-order valence-corrected chi connectivity index (χ2v) is 7.04. The molecule has 0 bridgehead atoms. The van der Waals surface area contributed by atoms with Crippen molar-refractivity contribution in [1.82, 2.24) is 20.1 Å². The second kappa shape index (κ2) is 9.41. The van der Waals surface area contributed by atoms with Crippen LogP contribution in [0.5, 0.6) is 5.75 Å². The van der Waals surface area contributed by atoms with E-state index in [4.69, 9.17) is 4.74 Å². The fourth-order valence-electron chi connectivity index (χ4n) is 3.57. The van der Waals surface area contributed by atoms with E-state index in [9.17, 15) is 9.59 Å². The fourth-order valence-corrected chi connectivity index (χ4v) is 3.57. The summed E-state index contributed by atoms with van der Waals surface area (Å²) >= 11 is 0. The summed E-state index contributed by atoms with van der Waals surface area (Å²) in [5.41, 5.74) is 2.04. The van der Waals surface area contributed by atoms with Crippen molar-refractivity contribution in [3.63, 3.8) is 0 Å². The first-order valence-corrected chi connectivity index (χ1v) is 9.62. The third-order valence-electron chi connectivity index (χ3n) is 5.18. The maximum absolute atomic E-state index is 12.3. The van der Waals surface area contributed by atoms with Crippen LogP contribution in [0.3, 0.4) is 0 Å². The molecule has 150 valence electrons. The highest BCUT2D eigenvalue weighted by Crippen LogP contribution is 2.24. The smallest absolute Gasteiger partial charge is 0.309 e. The van der Waals surface area contributed by atoms with Gasteiger partial charge in [0.05, 0.1) is 13.2 Å². The van der Waals surface area contributed by atoms with Crippen LogP contribution in [0, 0.1) is 0 Å². The predicted molar refractivity (Wildman–Crippen MR) is 107 cm³/mol. The predicted octanol–water partition coefficient (Wildman–Crippen LogP) is 1.60. The quantitative estimate of drug-likeness (QED) is 0.711. The Labute approximate surface area is 165 Å². The molecule has 28 heavy (non-hydrogen) atoms. The number of carbonyl (C=O) groups is 2. The molecule has 7 heteroatoms. The molecule has 1 aromatic carbocycles. The molecule has 0 aliphatic carbocycles. The summed E-state index contributed by atoms with van der Waals surface area (Å²) in [7, 11) is 3.60. The average Bonchev–Trinajstić information content (AvgIpc) is 3.39. The van der Waals surface area contributed by atoms with Crippen molar-refractivity contribution >= 4 is 11.8 Å². The highest BCUT2D eigenvalue weighted by atomic mass is 16.5. The zero-order valence-corrected chi connectivity index (χ0v) is 16.5. The molecule has 1 atom stereocenters. The summed E-state index contributed by atoms with van der Waals surface area (Å²) < 4.78 is 7.18. The van der Waals surface area contributed by atoms with Gasteiger partial charge in [-0.15, -0.1) is 0 Å². The van der Waals surface area contributed by atoms with E-state index in [1.807, 2.05) is 43.6 Å². The van der Waals surface area contributed by atoms with E-state index < -0.39 is 11.8 Å². The van der Waals surface area contributed by atoms with Crippen LogP contribution in [-0.4, -0.2) is 48.0 Å². The molecule has 2 amide bonds. The van der Waals surface area contributed by atoms with Gasteiger partial charge in [0.25, 0.3) is 0 Å². The summed E-state index contributed by atoms with van der Waals surface area (Å²) in [6, 6.07) is 11.5. The number of ether oxygens (including phenoxy) is 1. The second-order valence-electron chi connectivity index (χ2n) is 7.04. The zero-order chi connectivity index (χ0) is 19.9. The molecule has 2 heterocycles. The fraction of sp³-hybridized carbons (Fsp3) is 0.429. The molecule has 2 aromatic rings. The lowest BCUT2D eigenvalue weighted by molar-refractivity contribution is -0.139. The molecular weight excluding hydrogens is 356 g/mol. The molecule has 3 rings (SSSR count). The van der Waals surface area contributed by atoms with Crippen LogP contribution in [0.15, 0.2) is 42.6 Å². The van der Waals surface area contributed by atoms with E-state index in [0.717, 1.165) is 42.9 Å². The minimum atomic E-state index is -0.622. The van der Waals surface area contributed by atoms with Crippen LogP contribution in [0.1, 0.15) is 30.1 Å². The van der Waals surface area contributed by atoms with E-state index in [2.05, 4.69) is 26.2 Å². The van der Waals surface area contributed by atoms with Gasteiger partial charge in [0, 0.05) is 32.0 Å². The van der Waals surface area contributed by atoms with Crippen LogP contribution in [0.25, 0.3) is 0 Å². The van der Waals surface area contributed by atoms with Gasteiger partial charge in [-0.3, -0.25) is 14.5 Å². The number of aryl methyl sites for hydroxylation is 1. The summed E-state index contributed by atoms with van der Waals surface area (Å²) in [6.07, 6.45) is 4.33. The molecule has 1 unspecified atom stereocenters. The van der Waals surface area contributed by atoms with E-state index in [1.165, 1.54) is 0 Å². The number of amides is 2. The number of aromatic nitrogens is 1. The van der Waals surface area contributed by atoms with Gasteiger partial charge in [0.2, 0.25) is 0 Å². The number of hydrogen-bond donors (Lipinski definition) is 2. The van der Waals surface area contributed by atoms with Crippen molar-refractivity contribution < 1.29 is 14.3 Å². The number of nitrogens with zero attached hydrogens (tertiary/aromatic N) is 2. The van der Waals surface area contributed by atoms with Crippen molar-refractivity contribution in [2.75, 3.05) is 26.7 Å².